The molecule has 0 spiro atoms. The summed E-state index contributed by atoms with van der Waals surface area (Å²) in [6.07, 6.45) is 6.09. The van der Waals surface area contributed by atoms with Gasteiger partial charge in [-0.1, -0.05) is 38.5 Å². The van der Waals surface area contributed by atoms with Gasteiger partial charge in [0.05, 0.1) is 11.9 Å². The van der Waals surface area contributed by atoms with Crippen molar-refractivity contribution in [2.75, 3.05) is 0 Å². The Hall–Kier alpha value is -3.02. The average molecular weight is 383 g/mol. The lowest BCUT2D eigenvalue weighted by Gasteiger charge is -2.25. The third-order valence-corrected chi connectivity index (χ3v) is 5.01. The molecule has 1 amide bonds. The van der Waals surface area contributed by atoms with Gasteiger partial charge in [0.2, 0.25) is 0 Å². The van der Waals surface area contributed by atoms with E-state index in [1.807, 2.05) is 10.8 Å². The van der Waals surface area contributed by atoms with E-state index >= 15 is 0 Å². The van der Waals surface area contributed by atoms with Crippen molar-refractivity contribution in [3.63, 3.8) is 0 Å². The van der Waals surface area contributed by atoms with Gasteiger partial charge in [-0.05, 0) is 41.3 Å². The maximum atomic E-state index is 14.6. The van der Waals surface area contributed by atoms with Gasteiger partial charge >= 0.3 is 0 Å². The lowest BCUT2D eigenvalue weighted by molar-refractivity contribution is 0.0913. The third-order valence-electron chi connectivity index (χ3n) is 5.01. The van der Waals surface area contributed by atoms with Gasteiger partial charge in [-0.25, -0.2) is 13.8 Å². The van der Waals surface area contributed by atoms with Crippen LogP contribution in [-0.2, 0) is 6.54 Å². The number of benzene rings is 2. The van der Waals surface area contributed by atoms with Gasteiger partial charge in [-0.3, -0.25) is 4.79 Å². The predicted molar refractivity (Wildman–Crippen MR) is 105 cm³/mol. The van der Waals surface area contributed by atoms with Crippen molar-refractivity contribution in [1.29, 1.82) is 0 Å². The first-order valence-corrected chi connectivity index (χ1v) is 9.30. The van der Waals surface area contributed by atoms with Crippen molar-refractivity contribution >= 4 is 5.91 Å². The largest absolute Gasteiger partial charge is 0.347 e. The molecule has 0 radical (unpaired) electrons. The van der Waals surface area contributed by atoms with E-state index < -0.39 is 11.7 Å². The Balaban J connectivity index is 1.77. The number of carbonyl (C=O) groups is 1. The molecule has 0 unspecified atom stereocenters. The second-order valence-electron chi connectivity index (χ2n) is 6.93. The Morgan fingerprint density at radius 3 is 2.46 bits per heavy atom. The number of nitrogens with zero attached hydrogens (tertiary/aromatic N) is 2. The first-order chi connectivity index (χ1) is 13.5. The van der Waals surface area contributed by atoms with Gasteiger partial charge in [0.25, 0.3) is 5.91 Å². The molecule has 0 bridgehead atoms. The van der Waals surface area contributed by atoms with Crippen LogP contribution >= 0.6 is 0 Å². The lowest BCUT2D eigenvalue weighted by atomic mass is 9.98. The fourth-order valence-electron chi connectivity index (χ4n) is 3.04. The molecule has 28 heavy (non-hydrogen) atoms. The monoisotopic (exact) mass is 383 g/mol. The minimum Gasteiger partial charge on any atom is -0.347 e. The van der Waals surface area contributed by atoms with E-state index in [1.54, 1.807) is 30.7 Å². The number of carbonyl (C=O) groups excluding carboxylic acids is 1. The van der Waals surface area contributed by atoms with Crippen LogP contribution in [0.5, 0.6) is 0 Å². The van der Waals surface area contributed by atoms with Crippen LogP contribution in [0, 0.1) is 17.6 Å². The number of rotatable bonds is 7. The minimum atomic E-state index is -0.607. The van der Waals surface area contributed by atoms with E-state index in [4.69, 9.17) is 0 Å². The molecule has 1 aromatic heterocycles. The molecule has 0 saturated heterocycles. The van der Waals surface area contributed by atoms with Crippen molar-refractivity contribution in [1.82, 2.24) is 14.9 Å². The van der Waals surface area contributed by atoms with E-state index in [-0.39, 0.29) is 23.3 Å². The molecule has 0 aliphatic rings. The van der Waals surface area contributed by atoms with Crippen molar-refractivity contribution in [2.24, 2.45) is 5.92 Å². The van der Waals surface area contributed by atoms with Crippen LogP contribution in [0.4, 0.5) is 8.78 Å². The number of hydrogen-bond acceptors (Lipinski definition) is 2. The zero-order valence-corrected chi connectivity index (χ0v) is 15.9. The van der Waals surface area contributed by atoms with Crippen molar-refractivity contribution in [3.8, 4) is 11.1 Å². The molecule has 146 valence electrons. The highest BCUT2D eigenvalue weighted by molar-refractivity contribution is 5.95. The summed E-state index contributed by atoms with van der Waals surface area (Å²) < 4.78 is 29.6. The topological polar surface area (TPSA) is 46.9 Å². The van der Waals surface area contributed by atoms with Crippen LogP contribution in [0.25, 0.3) is 11.1 Å². The van der Waals surface area contributed by atoms with E-state index in [0.29, 0.717) is 17.7 Å². The number of halogens is 2. The Morgan fingerprint density at radius 1 is 1.14 bits per heavy atom. The number of hydrogen-bond donors (Lipinski definition) is 1. The van der Waals surface area contributed by atoms with Crippen molar-refractivity contribution in [2.45, 2.75) is 32.9 Å². The van der Waals surface area contributed by atoms with E-state index in [9.17, 15) is 13.6 Å². The van der Waals surface area contributed by atoms with Gasteiger partial charge < -0.3 is 9.88 Å². The molecule has 4 nitrogen and oxygen atoms in total. The molecule has 2 atom stereocenters. The van der Waals surface area contributed by atoms with E-state index in [1.165, 1.54) is 24.3 Å². The summed E-state index contributed by atoms with van der Waals surface area (Å²) >= 11 is 0. The molecule has 1 heterocycles. The summed E-state index contributed by atoms with van der Waals surface area (Å²) in [6, 6.07) is 10.1. The minimum absolute atomic E-state index is 0.00945. The lowest BCUT2D eigenvalue weighted by Crippen LogP contribution is -2.42. The maximum Gasteiger partial charge on any atom is 0.254 e. The van der Waals surface area contributed by atoms with Crippen LogP contribution in [0.15, 0.2) is 61.2 Å². The van der Waals surface area contributed by atoms with Crippen LogP contribution in [0.3, 0.4) is 0 Å². The standard InChI is InChI=1S/C22H23F2N3O/c1-3-15(2)21(13-27-11-10-25-14-27)26-22(28)19-9-6-17(12-20(19)24)16-4-7-18(23)8-5-16/h4-12,14-15,21H,3,13H2,1-2H3,(H,26,28)/t15-,21+/m0/s1. The molecule has 6 heteroatoms. The summed E-state index contributed by atoms with van der Waals surface area (Å²) in [7, 11) is 0. The summed E-state index contributed by atoms with van der Waals surface area (Å²) in [5.41, 5.74) is 1.26. The Bertz CT molecular complexity index is 923. The molecule has 3 aromatic rings. The SMILES string of the molecule is CC[C@H](C)[C@@H](Cn1ccnc1)NC(=O)c1ccc(-c2ccc(F)cc2)cc1F. The molecule has 0 fully saturated rings. The van der Waals surface area contributed by atoms with Gasteiger partial charge in [-0.2, -0.15) is 0 Å². The second kappa shape index (κ2) is 8.78. The van der Waals surface area contributed by atoms with Crippen LogP contribution in [0.1, 0.15) is 30.6 Å². The number of amides is 1. The summed E-state index contributed by atoms with van der Waals surface area (Å²) in [5.74, 6) is -1.19. The first-order valence-electron chi connectivity index (χ1n) is 9.30. The Morgan fingerprint density at radius 2 is 1.86 bits per heavy atom. The number of nitrogens with one attached hydrogen (secondary N) is 1. The van der Waals surface area contributed by atoms with Gasteiger partial charge in [-0.15, -0.1) is 0 Å². The van der Waals surface area contributed by atoms with E-state index in [0.717, 1.165) is 6.42 Å². The first kappa shape index (κ1) is 19.7. The molecule has 2 aromatic carbocycles. The fraction of sp³-hybridized carbons (Fsp3) is 0.273. The summed E-state index contributed by atoms with van der Waals surface area (Å²) in [6.45, 7) is 4.67. The molecule has 0 aliphatic carbocycles. The zero-order chi connectivity index (χ0) is 20.1. The number of imidazole rings is 1. The smallest absolute Gasteiger partial charge is 0.254 e. The normalized spacial score (nSPS) is 13.1. The van der Waals surface area contributed by atoms with Crippen molar-refractivity contribution < 1.29 is 13.6 Å². The Kier molecular flexibility index (Phi) is 6.19. The molecule has 3 rings (SSSR count). The predicted octanol–water partition coefficient (Wildman–Crippen LogP) is 4.67. The van der Waals surface area contributed by atoms with Crippen LogP contribution in [0.2, 0.25) is 0 Å². The Labute approximate surface area is 163 Å². The van der Waals surface area contributed by atoms with E-state index in [2.05, 4.69) is 24.1 Å². The zero-order valence-electron chi connectivity index (χ0n) is 15.9. The second-order valence-corrected chi connectivity index (χ2v) is 6.93. The summed E-state index contributed by atoms with van der Waals surface area (Å²) in [4.78, 5) is 16.7. The maximum absolute atomic E-state index is 14.6. The molecular weight excluding hydrogens is 360 g/mol. The third kappa shape index (κ3) is 4.63. The average Bonchev–Trinajstić information content (AvgIpc) is 3.20. The highest BCUT2D eigenvalue weighted by Gasteiger charge is 2.21. The molecular formula is C22H23F2N3O. The fourth-order valence-corrected chi connectivity index (χ4v) is 3.04. The van der Waals surface area contributed by atoms with Gasteiger partial charge in [0.1, 0.15) is 11.6 Å². The summed E-state index contributed by atoms with van der Waals surface area (Å²) in [5, 5.41) is 2.95. The van der Waals surface area contributed by atoms with Crippen LogP contribution in [-0.4, -0.2) is 21.5 Å². The molecule has 0 aliphatic heterocycles. The highest BCUT2D eigenvalue weighted by Crippen LogP contribution is 2.23. The molecule has 1 N–H and O–H groups in total. The number of aromatic nitrogens is 2. The highest BCUT2D eigenvalue weighted by atomic mass is 19.1. The van der Waals surface area contributed by atoms with Crippen LogP contribution < -0.4 is 5.32 Å². The quantitative estimate of drug-likeness (QED) is 0.644. The molecule has 0 saturated carbocycles. The van der Waals surface area contributed by atoms with Crippen molar-refractivity contribution in [3.05, 3.63) is 78.4 Å². The van der Waals surface area contributed by atoms with Gasteiger partial charge in [0, 0.05) is 25.0 Å². The van der Waals surface area contributed by atoms with Gasteiger partial charge in [0.15, 0.2) is 0 Å².